The van der Waals surface area contributed by atoms with Crippen molar-refractivity contribution in [3.63, 3.8) is 0 Å². The lowest BCUT2D eigenvalue weighted by molar-refractivity contribution is -0.140. The summed E-state index contributed by atoms with van der Waals surface area (Å²) in [5.41, 5.74) is 0. The fourth-order valence-electron chi connectivity index (χ4n) is 1.30. The van der Waals surface area contributed by atoms with E-state index in [4.69, 9.17) is 9.84 Å². The van der Waals surface area contributed by atoms with Crippen molar-refractivity contribution in [3.8, 4) is 0 Å². The van der Waals surface area contributed by atoms with E-state index in [9.17, 15) is 9.59 Å². The summed E-state index contributed by atoms with van der Waals surface area (Å²) in [7, 11) is 3.86. The molecule has 0 saturated carbocycles. The van der Waals surface area contributed by atoms with Gasteiger partial charge in [0.15, 0.2) is 0 Å². The molecular weight excluding hydrogens is 222 g/mol. The van der Waals surface area contributed by atoms with Crippen molar-refractivity contribution in [2.45, 2.75) is 32.2 Å². The molecule has 1 N–H and O–H groups in total. The summed E-state index contributed by atoms with van der Waals surface area (Å²) in [6.45, 7) is 2.39. The molecule has 0 radical (unpaired) electrons. The molecule has 0 aromatic carbocycles. The summed E-state index contributed by atoms with van der Waals surface area (Å²) in [4.78, 5) is 23.3. The summed E-state index contributed by atoms with van der Waals surface area (Å²) in [5.74, 6) is -1.77. The quantitative estimate of drug-likeness (QED) is 0.514. The second-order valence-corrected chi connectivity index (χ2v) is 4.06. The number of hydrogen-bond donors (Lipinski definition) is 1. The first-order chi connectivity index (χ1) is 7.97. The van der Waals surface area contributed by atoms with Gasteiger partial charge in [-0.15, -0.1) is 0 Å². The van der Waals surface area contributed by atoms with E-state index in [1.807, 2.05) is 19.0 Å². The highest BCUT2D eigenvalue weighted by Crippen LogP contribution is 2.06. The average molecular weight is 243 g/mol. The van der Waals surface area contributed by atoms with Crippen molar-refractivity contribution in [2.24, 2.45) is 0 Å². The van der Waals surface area contributed by atoms with Gasteiger partial charge in [0, 0.05) is 18.2 Å². The Kier molecular flexibility index (Phi) is 8.05. The second-order valence-electron chi connectivity index (χ2n) is 4.06. The molecule has 17 heavy (non-hydrogen) atoms. The van der Waals surface area contributed by atoms with E-state index in [1.165, 1.54) is 0 Å². The van der Waals surface area contributed by atoms with E-state index in [1.54, 1.807) is 0 Å². The molecule has 98 valence electrons. The van der Waals surface area contributed by atoms with Gasteiger partial charge in [-0.25, -0.2) is 9.59 Å². The number of nitrogens with zero attached hydrogens (tertiary/aromatic N) is 1. The van der Waals surface area contributed by atoms with Gasteiger partial charge in [-0.2, -0.15) is 0 Å². The van der Waals surface area contributed by atoms with Gasteiger partial charge < -0.3 is 14.7 Å². The van der Waals surface area contributed by atoms with Gasteiger partial charge in [0.05, 0.1) is 0 Å². The molecule has 0 aliphatic heterocycles. The molecule has 0 aromatic heterocycles. The van der Waals surface area contributed by atoms with Crippen molar-refractivity contribution in [1.82, 2.24) is 4.90 Å². The number of carbonyl (C=O) groups is 2. The normalized spacial score (nSPS) is 12.9. The molecule has 1 unspecified atom stereocenters. The summed E-state index contributed by atoms with van der Waals surface area (Å²) < 4.78 is 4.98. The zero-order chi connectivity index (χ0) is 13.3. The molecular formula is C12H21NO4. The Morgan fingerprint density at radius 3 is 2.47 bits per heavy atom. The number of unbranched alkanes of at least 4 members (excludes halogenated alkanes) is 1. The number of hydrogen-bond acceptors (Lipinski definition) is 4. The SMILES string of the molecule is CCCCC(COC(=O)/C=C/C(=O)O)N(C)C. The molecule has 0 saturated heterocycles. The lowest BCUT2D eigenvalue weighted by Crippen LogP contribution is -2.33. The van der Waals surface area contributed by atoms with Crippen molar-refractivity contribution in [1.29, 1.82) is 0 Å². The van der Waals surface area contributed by atoms with Crippen molar-refractivity contribution >= 4 is 11.9 Å². The van der Waals surface area contributed by atoms with E-state index >= 15 is 0 Å². The average Bonchev–Trinajstić information content (AvgIpc) is 2.25. The minimum atomic E-state index is -1.16. The predicted octanol–water partition coefficient (Wildman–Crippen LogP) is 1.29. The third kappa shape index (κ3) is 8.45. The third-order valence-corrected chi connectivity index (χ3v) is 2.40. The van der Waals surface area contributed by atoms with Crippen LogP contribution in [0.15, 0.2) is 12.2 Å². The first-order valence-electron chi connectivity index (χ1n) is 5.71. The van der Waals surface area contributed by atoms with Crippen LogP contribution in [0.4, 0.5) is 0 Å². The van der Waals surface area contributed by atoms with Crippen LogP contribution in [0.25, 0.3) is 0 Å². The van der Waals surface area contributed by atoms with Crippen LogP contribution in [0.1, 0.15) is 26.2 Å². The van der Waals surface area contributed by atoms with E-state index in [0.29, 0.717) is 0 Å². The molecule has 1 atom stereocenters. The van der Waals surface area contributed by atoms with Gasteiger partial charge in [0.25, 0.3) is 0 Å². The summed E-state index contributed by atoms with van der Waals surface area (Å²) in [6, 6.07) is 0.178. The molecule has 0 bridgehead atoms. The van der Waals surface area contributed by atoms with Crippen LogP contribution >= 0.6 is 0 Å². The lowest BCUT2D eigenvalue weighted by Gasteiger charge is -2.23. The standard InChI is InChI=1S/C12H21NO4/c1-4-5-6-10(13(2)3)9-17-12(16)8-7-11(14)15/h7-8,10H,4-6,9H2,1-3H3,(H,14,15)/b8-7+. The van der Waals surface area contributed by atoms with Gasteiger partial charge in [-0.3, -0.25) is 0 Å². The minimum Gasteiger partial charge on any atom is -0.478 e. The van der Waals surface area contributed by atoms with E-state index in [-0.39, 0.29) is 12.6 Å². The van der Waals surface area contributed by atoms with Crippen LogP contribution in [-0.4, -0.2) is 48.7 Å². The zero-order valence-corrected chi connectivity index (χ0v) is 10.7. The zero-order valence-electron chi connectivity index (χ0n) is 10.7. The Labute approximate surface area is 102 Å². The van der Waals surface area contributed by atoms with E-state index < -0.39 is 11.9 Å². The van der Waals surface area contributed by atoms with Crippen molar-refractivity contribution in [2.75, 3.05) is 20.7 Å². The Morgan fingerprint density at radius 2 is 2.00 bits per heavy atom. The molecule has 0 fully saturated rings. The highest BCUT2D eigenvalue weighted by molar-refractivity contribution is 5.90. The third-order valence-electron chi connectivity index (χ3n) is 2.40. The maximum atomic E-state index is 11.2. The number of ether oxygens (including phenoxy) is 1. The summed E-state index contributed by atoms with van der Waals surface area (Å²) in [5, 5.41) is 8.34. The monoisotopic (exact) mass is 243 g/mol. The first-order valence-corrected chi connectivity index (χ1v) is 5.71. The van der Waals surface area contributed by atoms with E-state index in [2.05, 4.69) is 6.92 Å². The van der Waals surface area contributed by atoms with Crippen molar-refractivity contribution in [3.05, 3.63) is 12.2 Å². The fourth-order valence-corrected chi connectivity index (χ4v) is 1.30. The van der Waals surface area contributed by atoms with Gasteiger partial charge in [-0.05, 0) is 20.5 Å². The van der Waals surface area contributed by atoms with Crippen LogP contribution < -0.4 is 0 Å². The Hall–Kier alpha value is -1.36. The number of aliphatic carboxylic acids is 1. The summed E-state index contributed by atoms with van der Waals surface area (Å²) in [6.07, 6.45) is 4.83. The number of esters is 1. The smallest absolute Gasteiger partial charge is 0.331 e. The molecule has 0 aliphatic carbocycles. The highest BCUT2D eigenvalue weighted by Gasteiger charge is 2.12. The first kappa shape index (κ1) is 15.6. The molecule has 0 spiro atoms. The van der Waals surface area contributed by atoms with E-state index in [0.717, 1.165) is 31.4 Å². The van der Waals surface area contributed by atoms with Crippen LogP contribution in [0, 0.1) is 0 Å². The number of rotatable bonds is 8. The molecule has 0 aromatic rings. The fraction of sp³-hybridized carbons (Fsp3) is 0.667. The Balaban J connectivity index is 4.03. The number of carboxylic acids is 1. The molecule has 0 heterocycles. The Bertz CT molecular complexity index is 274. The van der Waals surface area contributed by atoms with Crippen molar-refractivity contribution < 1.29 is 19.4 Å². The topological polar surface area (TPSA) is 66.8 Å². The summed E-state index contributed by atoms with van der Waals surface area (Å²) >= 11 is 0. The van der Waals surface area contributed by atoms with Gasteiger partial charge in [0.1, 0.15) is 6.61 Å². The largest absolute Gasteiger partial charge is 0.478 e. The molecule has 0 rings (SSSR count). The van der Waals surface area contributed by atoms with Crippen LogP contribution in [0.5, 0.6) is 0 Å². The Morgan fingerprint density at radius 1 is 1.35 bits per heavy atom. The van der Waals surface area contributed by atoms with Crippen LogP contribution in [0.2, 0.25) is 0 Å². The van der Waals surface area contributed by atoms with Gasteiger partial charge in [0.2, 0.25) is 0 Å². The molecule has 5 nitrogen and oxygen atoms in total. The van der Waals surface area contributed by atoms with Gasteiger partial charge in [-0.1, -0.05) is 19.8 Å². The maximum Gasteiger partial charge on any atom is 0.331 e. The lowest BCUT2D eigenvalue weighted by atomic mass is 10.1. The number of carbonyl (C=O) groups excluding carboxylic acids is 1. The van der Waals surface area contributed by atoms with Gasteiger partial charge >= 0.3 is 11.9 Å². The number of carboxylic acid groups (broad SMARTS) is 1. The molecule has 0 aliphatic rings. The highest BCUT2D eigenvalue weighted by atomic mass is 16.5. The van der Waals surface area contributed by atoms with Crippen LogP contribution in [-0.2, 0) is 14.3 Å². The predicted molar refractivity (Wildman–Crippen MR) is 64.7 cm³/mol. The number of likely N-dealkylation sites (N-methyl/N-ethyl adjacent to an activating group) is 1. The second kappa shape index (κ2) is 8.75. The molecule has 5 heteroatoms. The molecule has 0 amide bonds. The van der Waals surface area contributed by atoms with Crippen LogP contribution in [0.3, 0.4) is 0 Å². The maximum absolute atomic E-state index is 11.2. The minimum absolute atomic E-state index is 0.178.